The van der Waals surface area contributed by atoms with E-state index in [1.807, 2.05) is 0 Å². The van der Waals surface area contributed by atoms with E-state index in [1.54, 1.807) is 0 Å². The van der Waals surface area contributed by atoms with Crippen LogP contribution in [-0.4, -0.2) is 15.3 Å². The number of hydrogen-bond donors (Lipinski definition) is 2. The highest BCUT2D eigenvalue weighted by atomic mass is 31.1. The standard InChI is InChI=1S/C8H17O3P/c1-3-4-5-6-7-8(2,9)12(10)11/h9H,3-7H2,1-2H3/p+1. The lowest BCUT2D eigenvalue weighted by Crippen LogP contribution is -2.18. The van der Waals surface area contributed by atoms with Crippen molar-refractivity contribution in [1.29, 1.82) is 0 Å². The molecule has 2 N–H and O–H groups in total. The summed E-state index contributed by atoms with van der Waals surface area (Å²) in [5, 5.41) is 7.97. The van der Waals surface area contributed by atoms with Crippen LogP contribution in [-0.2, 0) is 4.57 Å². The number of aliphatic hydroxyl groups is 1. The first-order valence-electron chi connectivity index (χ1n) is 4.39. The molecule has 3 nitrogen and oxygen atoms in total. The minimum Gasteiger partial charge on any atom is -0.346 e. The van der Waals surface area contributed by atoms with Crippen molar-refractivity contribution in [3.63, 3.8) is 0 Å². The lowest BCUT2D eigenvalue weighted by molar-refractivity contribution is 0.122. The van der Waals surface area contributed by atoms with E-state index in [0.717, 1.165) is 25.7 Å². The fraction of sp³-hybridized carbons (Fsp3) is 1.00. The fourth-order valence-corrected chi connectivity index (χ4v) is 1.33. The second-order valence-corrected chi connectivity index (χ2v) is 4.81. The molecule has 0 aliphatic heterocycles. The normalized spacial score (nSPS) is 17.2. The van der Waals surface area contributed by atoms with E-state index in [2.05, 4.69) is 6.92 Å². The van der Waals surface area contributed by atoms with E-state index in [0.29, 0.717) is 6.42 Å². The Morgan fingerprint density at radius 3 is 2.33 bits per heavy atom. The molecule has 0 aromatic carbocycles. The van der Waals surface area contributed by atoms with Gasteiger partial charge in [0.05, 0.1) is 0 Å². The van der Waals surface area contributed by atoms with Gasteiger partial charge < -0.3 is 5.11 Å². The first-order chi connectivity index (χ1) is 5.50. The summed E-state index contributed by atoms with van der Waals surface area (Å²) in [5.41, 5.74) is 0. The number of unbranched alkanes of at least 4 members (excludes halogenated alkanes) is 3. The van der Waals surface area contributed by atoms with E-state index in [4.69, 9.17) is 4.89 Å². The van der Waals surface area contributed by atoms with Crippen molar-refractivity contribution < 1.29 is 14.6 Å². The Morgan fingerprint density at radius 1 is 1.33 bits per heavy atom. The highest BCUT2D eigenvalue weighted by molar-refractivity contribution is 7.39. The molecule has 0 radical (unpaired) electrons. The quantitative estimate of drug-likeness (QED) is 0.503. The maximum atomic E-state index is 10.6. The summed E-state index contributed by atoms with van der Waals surface area (Å²) in [4.78, 5) is 8.70. The van der Waals surface area contributed by atoms with Crippen LogP contribution in [0.3, 0.4) is 0 Å². The largest absolute Gasteiger partial charge is 0.540 e. The van der Waals surface area contributed by atoms with Gasteiger partial charge in [0.25, 0.3) is 5.34 Å². The zero-order valence-electron chi connectivity index (χ0n) is 7.79. The van der Waals surface area contributed by atoms with Crippen LogP contribution >= 0.6 is 8.03 Å². The maximum Gasteiger partial charge on any atom is 0.540 e. The van der Waals surface area contributed by atoms with Crippen molar-refractivity contribution in [3.8, 4) is 0 Å². The van der Waals surface area contributed by atoms with Crippen LogP contribution in [0.4, 0.5) is 0 Å². The lowest BCUT2D eigenvalue weighted by atomic mass is 10.1. The maximum absolute atomic E-state index is 10.6. The third-order valence-electron chi connectivity index (χ3n) is 1.92. The van der Waals surface area contributed by atoms with Crippen molar-refractivity contribution in [2.75, 3.05) is 0 Å². The molecule has 0 aromatic rings. The van der Waals surface area contributed by atoms with Crippen LogP contribution in [0.25, 0.3) is 0 Å². The van der Waals surface area contributed by atoms with Crippen LogP contribution in [0.1, 0.15) is 46.0 Å². The van der Waals surface area contributed by atoms with Crippen molar-refractivity contribution in [1.82, 2.24) is 0 Å². The molecule has 0 heterocycles. The van der Waals surface area contributed by atoms with Crippen molar-refractivity contribution >= 4 is 8.03 Å². The predicted molar refractivity (Wildman–Crippen MR) is 49.2 cm³/mol. The highest BCUT2D eigenvalue weighted by Gasteiger charge is 2.41. The van der Waals surface area contributed by atoms with Crippen LogP contribution in [0.2, 0.25) is 0 Å². The zero-order chi connectivity index (χ0) is 9.61. The van der Waals surface area contributed by atoms with Gasteiger partial charge in [-0.15, -0.1) is 0 Å². The smallest absolute Gasteiger partial charge is 0.346 e. The lowest BCUT2D eigenvalue weighted by Gasteiger charge is -2.07. The van der Waals surface area contributed by atoms with Gasteiger partial charge in [0.1, 0.15) is 0 Å². The van der Waals surface area contributed by atoms with Crippen LogP contribution in [0, 0.1) is 0 Å². The second kappa shape index (κ2) is 5.63. The Labute approximate surface area is 74.7 Å². The average Bonchev–Trinajstić information content (AvgIpc) is 1.98. The van der Waals surface area contributed by atoms with E-state index in [9.17, 15) is 9.67 Å². The zero-order valence-corrected chi connectivity index (χ0v) is 8.68. The molecular weight excluding hydrogens is 175 g/mol. The molecule has 72 valence electrons. The Hall–Kier alpha value is 0.0200. The van der Waals surface area contributed by atoms with Gasteiger partial charge in [0.15, 0.2) is 0 Å². The number of hydrogen-bond acceptors (Lipinski definition) is 2. The summed E-state index contributed by atoms with van der Waals surface area (Å²) < 4.78 is 10.6. The van der Waals surface area contributed by atoms with Gasteiger partial charge >= 0.3 is 8.03 Å². The molecular formula is C8H18O3P+. The summed E-state index contributed by atoms with van der Waals surface area (Å²) in [5.74, 6) is 0. The Balaban J connectivity index is 3.54. The monoisotopic (exact) mass is 193 g/mol. The highest BCUT2D eigenvalue weighted by Crippen LogP contribution is 2.36. The molecule has 2 unspecified atom stereocenters. The molecule has 4 heteroatoms. The molecule has 0 fully saturated rings. The summed E-state index contributed by atoms with van der Waals surface area (Å²) in [6, 6.07) is 0. The molecule has 0 saturated carbocycles. The van der Waals surface area contributed by atoms with Gasteiger partial charge in [0, 0.05) is 13.3 Å². The van der Waals surface area contributed by atoms with E-state index in [1.165, 1.54) is 6.92 Å². The SMILES string of the molecule is CCCCCCC(C)(O)[P+](=O)O. The summed E-state index contributed by atoms with van der Waals surface area (Å²) >= 11 is 0. The van der Waals surface area contributed by atoms with Crippen LogP contribution in [0.15, 0.2) is 0 Å². The Morgan fingerprint density at radius 2 is 1.92 bits per heavy atom. The van der Waals surface area contributed by atoms with Gasteiger partial charge in [-0.1, -0.05) is 26.2 Å². The van der Waals surface area contributed by atoms with Crippen LogP contribution < -0.4 is 0 Å². The van der Waals surface area contributed by atoms with E-state index in [-0.39, 0.29) is 0 Å². The van der Waals surface area contributed by atoms with Crippen molar-refractivity contribution in [2.45, 2.75) is 51.3 Å². The molecule has 0 saturated heterocycles. The van der Waals surface area contributed by atoms with E-state index >= 15 is 0 Å². The molecule has 0 aromatic heterocycles. The third-order valence-corrected chi connectivity index (χ3v) is 2.96. The second-order valence-electron chi connectivity index (χ2n) is 3.30. The van der Waals surface area contributed by atoms with Gasteiger partial charge in [-0.2, -0.15) is 4.89 Å². The van der Waals surface area contributed by atoms with Crippen molar-refractivity contribution in [2.24, 2.45) is 0 Å². The third kappa shape index (κ3) is 4.81. The molecule has 0 bridgehead atoms. The molecule has 2 atom stereocenters. The van der Waals surface area contributed by atoms with Crippen LogP contribution in [0.5, 0.6) is 0 Å². The molecule has 12 heavy (non-hydrogen) atoms. The van der Waals surface area contributed by atoms with E-state index < -0.39 is 13.4 Å². The van der Waals surface area contributed by atoms with Gasteiger partial charge in [0.2, 0.25) is 0 Å². The Bertz CT molecular complexity index is 145. The minimum atomic E-state index is -2.46. The van der Waals surface area contributed by atoms with Gasteiger partial charge in [-0.05, 0) is 11.0 Å². The summed E-state index contributed by atoms with van der Waals surface area (Å²) in [7, 11) is -2.46. The first kappa shape index (κ1) is 12.0. The minimum absolute atomic E-state index is 0.415. The predicted octanol–water partition coefficient (Wildman–Crippen LogP) is 2.40. The summed E-state index contributed by atoms with van der Waals surface area (Å²) in [6.07, 6.45) is 4.52. The van der Waals surface area contributed by atoms with Gasteiger partial charge in [-0.3, -0.25) is 0 Å². The molecule has 0 rings (SSSR count). The topological polar surface area (TPSA) is 57.5 Å². The number of rotatable bonds is 6. The average molecular weight is 193 g/mol. The summed E-state index contributed by atoms with van der Waals surface area (Å²) in [6.45, 7) is 3.52. The molecule has 0 amide bonds. The van der Waals surface area contributed by atoms with Crippen molar-refractivity contribution in [3.05, 3.63) is 0 Å². The molecule has 0 spiro atoms. The fourth-order valence-electron chi connectivity index (χ4n) is 0.982. The Kier molecular flexibility index (Phi) is 5.64. The van der Waals surface area contributed by atoms with Gasteiger partial charge in [-0.25, -0.2) is 0 Å². The first-order valence-corrected chi connectivity index (χ1v) is 5.60. The molecule has 0 aliphatic carbocycles. The molecule has 0 aliphatic rings.